The number of ether oxygens (including phenoxy) is 1. The molecule has 2 heterocycles. The Morgan fingerprint density at radius 2 is 2.00 bits per heavy atom. The number of carbonyl (C=O) groups is 1. The smallest absolute Gasteiger partial charge is 0.382 e. The molecule has 1 aliphatic heterocycles. The average Bonchev–Trinajstić information content (AvgIpc) is 3.21. The lowest BCUT2D eigenvalue weighted by molar-refractivity contribution is -0.137. The van der Waals surface area contributed by atoms with Crippen LogP contribution in [-0.4, -0.2) is 55.8 Å². The lowest BCUT2D eigenvalue weighted by Gasteiger charge is -2.31. The Morgan fingerprint density at radius 3 is 2.70 bits per heavy atom. The molecule has 2 aromatic carbocycles. The van der Waals surface area contributed by atoms with Crippen LogP contribution >= 0.6 is 11.6 Å². The number of aromatic amines is 1. The molecule has 0 aliphatic carbocycles. The third-order valence-electron chi connectivity index (χ3n) is 5.45. The number of benzene rings is 2. The molecule has 3 N–H and O–H groups in total. The van der Waals surface area contributed by atoms with E-state index < -0.39 is 23.7 Å². The van der Waals surface area contributed by atoms with Crippen LogP contribution in [0.2, 0.25) is 5.02 Å². The number of hydrogen-bond acceptors (Lipinski definition) is 5. The minimum absolute atomic E-state index is 0.0724. The molecule has 11 heteroatoms. The number of carbonyl (C=O) groups excluding carboxylic acids is 1. The van der Waals surface area contributed by atoms with Gasteiger partial charge < -0.3 is 25.3 Å². The van der Waals surface area contributed by atoms with Crippen LogP contribution in [0, 0.1) is 0 Å². The number of methoxy groups -OCH3 is 1. The van der Waals surface area contributed by atoms with Crippen LogP contribution in [0.25, 0.3) is 11.0 Å². The van der Waals surface area contributed by atoms with Gasteiger partial charge in [-0.15, -0.1) is 0 Å². The van der Waals surface area contributed by atoms with Gasteiger partial charge >= 0.3 is 6.18 Å². The molecule has 1 aliphatic rings. The van der Waals surface area contributed by atoms with Crippen molar-refractivity contribution >= 4 is 34.2 Å². The molecule has 7 nitrogen and oxygen atoms in total. The highest BCUT2D eigenvalue weighted by atomic mass is 35.5. The zero-order valence-corrected chi connectivity index (χ0v) is 18.6. The summed E-state index contributed by atoms with van der Waals surface area (Å²) < 4.78 is 46.7. The number of aromatic nitrogens is 2. The van der Waals surface area contributed by atoms with Gasteiger partial charge in [-0.3, -0.25) is 4.79 Å². The van der Waals surface area contributed by atoms with E-state index in [1.54, 1.807) is 23.1 Å². The van der Waals surface area contributed by atoms with Crippen molar-refractivity contribution in [2.45, 2.75) is 12.2 Å². The molecule has 1 fully saturated rings. The van der Waals surface area contributed by atoms with E-state index in [4.69, 9.17) is 16.3 Å². The van der Waals surface area contributed by atoms with Gasteiger partial charge in [0.25, 0.3) is 5.91 Å². The Bertz CT molecular complexity index is 1140. The van der Waals surface area contributed by atoms with Crippen LogP contribution in [0.4, 0.5) is 18.9 Å². The van der Waals surface area contributed by atoms with Crippen molar-refractivity contribution in [3.8, 4) is 0 Å². The van der Waals surface area contributed by atoms with Crippen LogP contribution in [0.5, 0.6) is 0 Å². The Labute approximate surface area is 193 Å². The molecule has 1 amide bonds. The van der Waals surface area contributed by atoms with Crippen LogP contribution in [0.3, 0.4) is 0 Å². The molecule has 176 valence electrons. The van der Waals surface area contributed by atoms with Gasteiger partial charge in [0.1, 0.15) is 11.9 Å². The van der Waals surface area contributed by atoms with Gasteiger partial charge in [-0.05, 0) is 36.4 Å². The van der Waals surface area contributed by atoms with E-state index in [1.165, 1.54) is 19.2 Å². The number of nitrogens with one attached hydrogen (secondary N) is 3. The van der Waals surface area contributed by atoms with Crippen molar-refractivity contribution < 1.29 is 22.7 Å². The molecular formula is C22H23ClF3N5O2. The Morgan fingerprint density at radius 1 is 1.24 bits per heavy atom. The Kier molecular flexibility index (Phi) is 6.78. The second-order valence-corrected chi connectivity index (χ2v) is 8.17. The molecule has 0 radical (unpaired) electrons. The molecule has 0 saturated carbocycles. The monoisotopic (exact) mass is 481 g/mol. The van der Waals surface area contributed by atoms with Gasteiger partial charge in [0.2, 0.25) is 0 Å². The van der Waals surface area contributed by atoms with Crippen LogP contribution < -0.4 is 15.5 Å². The predicted molar refractivity (Wildman–Crippen MR) is 120 cm³/mol. The van der Waals surface area contributed by atoms with Crippen molar-refractivity contribution in [3.63, 3.8) is 0 Å². The summed E-state index contributed by atoms with van der Waals surface area (Å²) in [5, 5.41) is 6.35. The number of H-pyrrole nitrogens is 1. The standard InChI is InChI=1S/C22H23ClF3N5O2/c1-33-12-18(20-28-16-4-3-14(23)11-17(16)29-20)30-21(32)13-2-5-19(15(10-13)22(24,25)26)31-8-6-27-7-9-31/h2-5,10-11,18,27H,6-9,12H2,1H3,(H,28,29)(H,30,32)/t18-/m0/s1. The molecule has 0 spiro atoms. The third kappa shape index (κ3) is 5.23. The molecule has 0 unspecified atom stereocenters. The number of rotatable bonds is 6. The molecule has 4 rings (SSSR count). The van der Waals surface area contributed by atoms with E-state index in [1.807, 2.05) is 0 Å². The first kappa shape index (κ1) is 23.3. The van der Waals surface area contributed by atoms with E-state index in [0.717, 1.165) is 6.07 Å². The predicted octanol–water partition coefficient (Wildman–Crippen LogP) is 3.76. The largest absolute Gasteiger partial charge is 0.418 e. The molecule has 33 heavy (non-hydrogen) atoms. The number of halogens is 4. The highest BCUT2D eigenvalue weighted by Crippen LogP contribution is 2.37. The van der Waals surface area contributed by atoms with E-state index in [2.05, 4.69) is 20.6 Å². The second-order valence-electron chi connectivity index (χ2n) is 7.73. The summed E-state index contributed by atoms with van der Waals surface area (Å²) in [6, 6.07) is 8.10. The van der Waals surface area contributed by atoms with Gasteiger partial charge in [-0.1, -0.05) is 11.6 Å². The van der Waals surface area contributed by atoms with Crippen molar-refractivity contribution in [2.75, 3.05) is 44.8 Å². The number of fused-ring (bicyclic) bond motifs is 1. The molecule has 1 atom stereocenters. The summed E-state index contributed by atoms with van der Waals surface area (Å²) in [5.41, 5.74) is 0.459. The number of hydrogen-bond donors (Lipinski definition) is 3. The fourth-order valence-electron chi connectivity index (χ4n) is 3.85. The number of piperazine rings is 1. The molecule has 1 saturated heterocycles. The van der Waals surface area contributed by atoms with Gasteiger partial charge in [-0.2, -0.15) is 13.2 Å². The summed E-state index contributed by atoms with van der Waals surface area (Å²) in [5.74, 6) is -0.246. The normalized spacial score (nSPS) is 15.6. The van der Waals surface area contributed by atoms with E-state index >= 15 is 0 Å². The minimum Gasteiger partial charge on any atom is -0.382 e. The van der Waals surface area contributed by atoms with Crippen molar-refractivity contribution in [1.82, 2.24) is 20.6 Å². The summed E-state index contributed by atoms with van der Waals surface area (Å²) in [6.45, 7) is 2.19. The first-order valence-electron chi connectivity index (χ1n) is 10.4. The number of anilines is 1. The maximum Gasteiger partial charge on any atom is 0.418 e. The zero-order chi connectivity index (χ0) is 23.6. The number of imidazole rings is 1. The molecule has 1 aromatic heterocycles. The number of alkyl halides is 3. The third-order valence-corrected chi connectivity index (χ3v) is 5.69. The van der Waals surface area contributed by atoms with Gasteiger partial charge in [0, 0.05) is 49.6 Å². The fourth-order valence-corrected chi connectivity index (χ4v) is 4.01. The highest BCUT2D eigenvalue weighted by molar-refractivity contribution is 6.31. The summed E-state index contributed by atoms with van der Waals surface area (Å²) in [4.78, 5) is 22.1. The van der Waals surface area contributed by atoms with Gasteiger partial charge in [0.05, 0.1) is 23.2 Å². The first-order valence-corrected chi connectivity index (χ1v) is 10.8. The van der Waals surface area contributed by atoms with Gasteiger partial charge in [0.15, 0.2) is 0 Å². The SMILES string of the molecule is COC[C@H](NC(=O)c1ccc(N2CCNCC2)c(C(F)(F)F)c1)c1nc2cc(Cl)ccc2[nH]1. The van der Waals surface area contributed by atoms with Crippen LogP contribution in [0.15, 0.2) is 36.4 Å². The number of nitrogens with zero attached hydrogens (tertiary/aromatic N) is 2. The van der Waals surface area contributed by atoms with Crippen molar-refractivity contribution in [1.29, 1.82) is 0 Å². The zero-order valence-electron chi connectivity index (χ0n) is 17.8. The molecule has 3 aromatic rings. The van der Waals surface area contributed by atoms with Crippen LogP contribution in [0.1, 0.15) is 27.8 Å². The lowest BCUT2D eigenvalue weighted by atomic mass is 10.1. The lowest BCUT2D eigenvalue weighted by Crippen LogP contribution is -2.44. The second kappa shape index (κ2) is 9.58. The number of amides is 1. The van der Waals surface area contributed by atoms with E-state index in [9.17, 15) is 18.0 Å². The summed E-state index contributed by atoms with van der Waals surface area (Å²) in [7, 11) is 1.46. The van der Waals surface area contributed by atoms with Crippen molar-refractivity contribution in [3.05, 3.63) is 58.4 Å². The molecule has 0 bridgehead atoms. The maximum atomic E-state index is 13.8. The average molecular weight is 482 g/mol. The minimum atomic E-state index is -4.60. The Hall–Kier alpha value is -2.82. The van der Waals surface area contributed by atoms with Crippen molar-refractivity contribution in [2.24, 2.45) is 0 Å². The highest BCUT2D eigenvalue weighted by Gasteiger charge is 2.36. The summed E-state index contributed by atoms with van der Waals surface area (Å²) in [6.07, 6.45) is -4.60. The first-order chi connectivity index (χ1) is 15.8. The quantitative estimate of drug-likeness (QED) is 0.499. The van der Waals surface area contributed by atoms with E-state index in [0.29, 0.717) is 48.1 Å². The fraction of sp³-hybridized carbons (Fsp3) is 0.364. The molecular weight excluding hydrogens is 459 g/mol. The van der Waals surface area contributed by atoms with Crippen LogP contribution in [-0.2, 0) is 10.9 Å². The topological polar surface area (TPSA) is 82.3 Å². The van der Waals surface area contributed by atoms with E-state index in [-0.39, 0.29) is 17.9 Å². The Balaban J connectivity index is 1.61. The maximum absolute atomic E-state index is 13.8. The van der Waals surface area contributed by atoms with Gasteiger partial charge in [-0.25, -0.2) is 4.98 Å². The summed E-state index contributed by atoms with van der Waals surface area (Å²) >= 11 is 6.01.